The van der Waals surface area contributed by atoms with E-state index < -0.39 is 56.6 Å². The van der Waals surface area contributed by atoms with Crippen LogP contribution >= 0.6 is 7.75 Å². The molecule has 218 valence electrons. The maximum Gasteiger partial charge on any atom is 0.459 e. The molecule has 0 bridgehead atoms. The van der Waals surface area contributed by atoms with Crippen molar-refractivity contribution in [2.45, 2.75) is 70.9 Å². The van der Waals surface area contributed by atoms with Crippen molar-refractivity contribution in [3.8, 4) is 5.75 Å². The minimum absolute atomic E-state index is 0.205. The Hall–Kier alpha value is -3.09. The van der Waals surface area contributed by atoms with Gasteiger partial charge in [0.2, 0.25) is 0 Å². The predicted molar refractivity (Wildman–Crippen MR) is 146 cm³/mol. The van der Waals surface area contributed by atoms with Gasteiger partial charge in [0.05, 0.1) is 24.7 Å². The number of hydrogen-bond donors (Lipinski definition) is 3. The third-order valence-corrected chi connectivity index (χ3v) is 7.88. The van der Waals surface area contributed by atoms with Crippen LogP contribution in [0, 0.1) is 0 Å². The fourth-order valence-corrected chi connectivity index (χ4v) is 5.80. The number of carbonyl (C=O) groups is 1. The summed E-state index contributed by atoms with van der Waals surface area (Å²) in [5.41, 5.74) is -0.687. The summed E-state index contributed by atoms with van der Waals surface area (Å²) in [5, 5.41) is 16.6. The summed E-state index contributed by atoms with van der Waals surface area (Å²) in [6.07, 6.45) is -1.66. The number of benzene rings is 1. The normalized spacial score (nSPS) is 25.1. The molecule has 0 saturated carbocycles. The predicted octanol–water partition coefficient (Wildman–Crippen LogP) is 3.98. The van der Waals surface area contributed by atoms with Crippen LogP contribution in [-0.2, 0) is 23.4 Å². The lowest BCUT2D eigenvalue weighted by atomic mass is 9.98. The van der Waals surface area contributed by atoms with Gasteiger partial charge in [0.25, 0.3) is 0 Å². The van der Waals surface area contributed by atoms with E-state index in [2.05, 4.69) is 20.4 Å². The number of alkyl halides is 1. The maximum absolute atomic E-state index is 16.0. The number of nitrogens with zero attached hydrogens (tertiary/aromatic N) is 3. The molecule has 3 N–H and O–H groups in total. The Bertz CT molecular complexity index is 1360. The first kappa shape index (κ1) is 29.9. The van der Waals surface area contributed by atoms with Crippen molar-refractivity contribution in [2.24, 2.45) is 0 Å². The molecule has 40 heavy (non-hydrogen) atoms. The first-order chi connectivity index (χ1) is 18.9. The van der Waals surface area contributed by atoms with Gasteiger partial charge < -0.3 is 24.4 Å². The molecule has 0 amide bonds. The Morgan fingerprint density at radius 3 is 2.65 bits per heavy atom. The highest BCUT2D eigenvalue weighted by Gasteiger charge is 2.56. The molecule has 1 aliphatic heterocycles. The second-order valence-corrected chi connectivity index (χ2v) is 11.6. The number of anilines is 1. The van der Waals surface area contributed by atoms with E-state index in [4.69, 9.17) is 18.5 Å². The van der Waals surface area contributed by atoms with Gasteiger partial charge in [-0.05, 0) is 52.8 Å². The molecule has 4 rings (SSSR count). The van der Waals surface area contributed by atoms with E-state index in [1.54, 1.807) is 56.4 Å². The van der Waals surface area contributed by atoms with Crippen LogP contribution in [0.5, 0.6) is 5.75 Å². The van der Waals surface area contributed by atoms with E-state index in [1.165, 1.54) is 24.7 Å². The zero-order valence-electron chi connectivity index (χ0n) is 23.0. The lowest BCUT2D eigenvalue weighted by Gasteiger charge is -2.25. The smallest absolute Gasteiger partial charge is 0.459 e. The second-order valence-electron chi connectivity index (χ2n) is 9.87. The van der Waals surface area contributed by atoms with Crippen molar-refractivity contribution in [3.63, 3.8) is 0 Å². The molecular formula is C26H35FN5O7P. The van der Waals surface area contributed by atoms with Crippen LogP contribution < -0.4 is 14.9 Å². The monoisotopic (exact) mass is 579 g/mol. The number of fused-ring (bicyclic) bond motifs is 1. The van der Waals surface area contributed by atoms with Crippen LogP contribution in [0.2, 0.25) is 0 Å². The molecule has 0 unspecified atom stereocenters. The molecule has 0 aliphatic carbocycles. The first-order valence-corrected chi connectivity index (χ1v) is 14.5. The van der Waals surface area contributed by atoms with Gasteiger partial charge in [-0.15, -0.1) is 0 Å². The Kier molecular flexibility index (Phi) is 9.11. The van der Waals surface area contributed by atoms with E-state index in [1.807, 2.05) is 6.92 Å². The van der Waals surface area contributed by atoms with Crippen LogP contribution in [0.4, 0.5) is 10.1 Å². The SMILES string of the molecule is CCNc1ccnc2c1ncn2[C@@H]1O[C@H](CO[P@@](=O)(N[C@@H](C)C(=O)OC(C)C)Oc2ccccc2)[C@@H](O)[C@@]1(C)F. The van der Waals surface area contributed by atoms with E-state index in [9.17, 15) is 14.5 Å². The Morgan fingerprint density at radius 2 is 1.98 bits per heavy atom. The van der Waals surface area contributed by atoms with E-state index in [0.29, 0.717) is 17.7 Å². The van der Waals surface area contributed by atoms with Gasteiger partial charge in [0.1, 0.15) is 29.5 Å². The number of nitrogens with one attached hydrogen (secondary N) is 2. The molecule has 2 aromatic heterocycles. The summed E-state index contributed by atoms with van der Waals surface area (Å²) in [7, 11) is -4.25. The third-order valence-electron chi connectivity index (χ3n) is 6.23. The molecule has 6 atom stereocenters. The fourth-order valence-electron chi connectivity index (χ4n) is 4.29. The zero-order valence-corrected chi connectivity index (χ0v) is 23.9. The van der Waals surface area contributed by atoms with Gasteiger partial charge in [-0.25, -0.2) is 18.9 Å². The second kappa shape index (κ2) is 12.2. The highest BCUT2D eigenvalue weighted by molar-refractivity contribution is 7.52. The van der Waals surface area contributed by atoms with Gasteiger partial charge in [-0.3, -0.25) is 13.9 Å². The summed E-state index contributed by atoms with van der Waals surface area (Å²) in [5.74, 6) is -0.461. The van der Waals surface area contributed by atoms with E-state index in [0.717, 1.165) is 5.69 Å². The topological polar surface area (TPSA) is 146 Å². The third kappa shape index (κ3) is 6.45. The standard InChI is InChI=1S/C26H35FN5O7P/c1-6-28-19-12-13-29-23-21(19)30-15-32(23)25-26(5,27)22(33)20(38-25)14-36-40(35,39-18-10-8-7-9-11-18)31-17(4)24(34)37-16(2)3/h7-13,15-17,20,22,25,33H,6,14H2,1-5H3,(H,28,29)(H,31,35)/t17-,20+,22+,25+,26+,40-/m0/s1. The minimum atomic E-state index is -4.25. The van der Waals surface area contributed by atoms with Gasteiger partial charge in [0.15, 0.2) is 17.5 Å². The molecule has 1 saturated heterocycles. The molecule has 1 aliphatic rings. The van der Waals surface area contributed by atoms with Gasteiger partial charge in [-0.1, -0.05) is 18.2 Å². The Labute approximate surface area is 231 Å². The molecule has 1 fully saturated rings. The van der Waals surface area contributed by atoms with Crippen LogP contribution in [0.15, 0.2) is 48.9 Å². The first-order valence-electron chi connectivity index (χ1n) is 13.0. The molecule has 1 aromatic carbocycles. The number of esters is 1. The molecule has 3 aromatic rings. The number of aliphatic hydroxyl groups is 1. The van der Waals surface area contributed by atoms with Crippen LogP contribution in [0.25, 0.3) is 11.2 Å². The van der Waals surface area contributed by atoms with E-state index in [-0.39, 0.29) is 5.75 Å². The number of pyridine rings is 1. The van der Waals surface area contributed by atoms with Crippen LogP contribution in [0.3, 0.4) is 0 Å². The average molecular weight is 580 g/mol. The number of carbonyl (C=O) groups excluding carboxylic acids is 1. The number of para-hydroxylation sites is 1. The van der Waals surface area contributed by atoms with Crippen molar-refractivity contribution >= 4 is 30.6 Å². The summed E-state index contributed by atoms with van der Waals surface area (Å²) in [4.78, 5) is 21.1. The number of aromatic nitrogens is 3. The van der Waals surface area contributed by atoms with E-state index >= 15 is 4.39 Å². The van der Waals surface area contributed by atoms with Crippen molar-refractivity contribution < 1.29 is 37.4 Å². The van der Waals surface area contributed by atoms with Gasteiger partial charge in [-0.2, -0.15) is 5.09 Å². The molecule has 12 nitrogen and oxygen atoms in total. The highest BCUT2D eigenvalue weighted by atomic mass is 31.2. The maximum atomic E-state index is 16.0. The summed E-state index contributed by atoms with van der Waals surface area (Å²) in [6.45, 7) is 8.08. The highest BCUT2D eigenvalue weighted by Crippen LogP contribution is 2.48. The lowest BCUT2D eigenvalue weighted by Crippen LogP contribution is -2.41. The summed E-state index contributed by atoms with van der Waals surface area (Å²) in [6, 6.07) is 8.89. The summed E-state index contributed by atoms with van der Waals surface area (Å²) >= 11 is 0. The van der Waals surface area contributed by atoms with Crippen molar-refractivity contribution in [3.05, 3.63) is 48.9 Å². The number of rotatable bonds is 12. The quantitative estimate of drug-likeness (QED) is 0.212. The number of ether oxygens (including phenoxy) is 2. The Balaban J connectivity index is 1.54. The zero-order chi connectivity index (χ0) is 29.1. The molecular weight excluding hydrogens is 544 g/mol. The number of halogens is 1. The Morgan fingerprint density at radius 1 is 1.25 bits per heavy atom. The van der Waals surface area contributed by atoms with Crippen LogP contribution in [0.1, 0.15) is 40.8 Å². The number of imidazole rings is 1. The fraction of sp³-hybridized carbons (Fsp3) is 0.500. The number of aliphatic hydroxyl groups excluding tert-OH is 1. The lowest BCUT2D eigenvalue weighted by molar-refractivity contribution is -0.149. The molecule has 0 spiro atoms. The van der Waals surface area contributed by atoms with Crippen LogP contribution in [-0.4, -0.2) is 68.8 Å². The van der Waals surface area contributed by atoms with Crippen molar-refractivity contribution in [1.82, 2.24) is 19.6 Å². The van der Waals surface area contributed by atoms with Crippen molar-refractivity contribution in [1.29, 1.82) is 0 Å². The summed E-state index contributed by atoms with van der Waals surface area (Å²) < 4.78 is 53.5. The number of hydrogen-bond acceptors (Lipinski definition) is 10. The van der Waals surface area contributed by atoms with Gasteiger partial charge >= 0.3 is 13.7 Å². The molecule has 3 heterocycles. The molecule has 14 heteroatoms. The largest absolute Gasteiger partial charge is 0.462 e. The minimum Gasteiger partial charge on any atom is -0.462 e. The molecule has 0 radical (unpaired) electrons. The average Bonchev–Trinajstić information content (AvgIpc) is 3.42. The van der Waals surface area contributed by atoms with Gasteiger partial charge in [0, 0.05) is 12.7 Å². The van der Waals surface area contributed by atoms with Crippen molar-refractivity contribution in [2.75, 3.05) is 18.5 Å².